The Bertz CT molecular complexity index is 2010. The SMILES string of the molecule is CN=CCC(=N)C(=O)NC1CCCCCC=CC(C)C(C(=O)NS(=O)(=O)C2CC2)NC(=O)C2CC(Oc3cc(OC(C)C)nc4c(C)c(OC)ccc34)CN2C1=O. The summed E-state index contributed by atoms with van der Waals surface area (Å²) in [6, 6.07) is 1.74. The molecule has 5 unspecified atom stereocenters. The molecule has 17 heteroatoms. The number of aliphatic imine (C=N–C) groups is 1. The molecule has 3 heterocycles. The lowest BCUT2D eigenvalue weighted by atomic mass is 9.99. The second kappa shape index (κ2) is 18.9. The number of allylic oxidation sites excluding steroid dienone is 1. The van der Waals surface area contributed by atoms with Crippen molar-refractivity contribution in [3.63, 3.8) is 0 Å². The summed E-state index contributed by atoms with van der Waals surface area (Å²) < 4.78 is 46.0. The zero-order chi connectivity index (χ0) is 41.4. The molecule has 1 saturated heterocycles. The van der Waals surface area contributed by atoms with Crippen LogP contribution in [0.25, 0.3) is 10.9 Å². The minimum Gasteiger partial charge on any atom is -0.496 e. The molecule has 0 bridgehead atoms. The van der Waals surface area contributed by atoms with Gasteiger partial charge in [0, 0.05) is 49.0 Å². The molecule has 16 nitrogen and oxygen atoms in total. The van der Waals surface area contributed by atoms with Crippen molar-refractivity contribution in [3.8, 4) is 17.4 Å². The van der Waals surface area contributed by atoms with Crippen LogP contribution in [0.4, 0.5) is 0 Å². The van der Waals surface area contributed by atoms with Gasteiger partial charge >= 0.3 is 0 Å². The van der Waals surface area contributed by atoms with Crippen molar-refractivity contribution in [1.82, 2.24) is 25.2 Å². The molecular formula is C40H55N7O9S. The second-order valence-electron chi connectivity index (χ2n) is 15.2. The number of aromatic nitrogens is 1. The third-order valence-corrected chi connectivity index (χ3v) is 12.1. The monoisotopic (exact) mass is 809 g/mol. The molecule has 310 valence electrons. The smallest absolute Gasteiger partial charge is 0.265 e. The third kappa shape index (κ3) is 10.9. The molecule has 57 heavy (non-hydrogen) atoms. The van der Waals surface area contributed by atoms with Crippen LogP contribution in [0, 0.1) is 18.3 Å². The highest BCUT2D eigenvalue weighted by molar-refractivity contribution is 7.90. The number of nitrogens with zero attached hydrogens (tertiary/aromatic N) is 3. The van der Waals surface area contributed by atoms with Crippen molar-refractivity contribution in [3.05, 3.63) is 35.9 Å². The average Bonchev–Trinajstić information content (AvgIpc) is 3.95. The molecule has 1 aromatic carbocycles. The number of carbonyl (C=O) groups excluding carboxylic acids is 4. The molecule has 5 rings (SSSR count). The zero-order valence-electron chi connectivity index (χ0n) is 33.5. The molecule has 0 spiro atoms. The second-order valence-corrected chi connectivity index (χ2v) is 17.1. The maximum atomic E-state index is 14.6. The largest absolute Gasteiger partial charge is 0.496 e. The Morgan fingerprint density at radius 1 is 1.14 bits per heavy atom. The summed E-state index contributed by atoms with van der Waals surface area (Å²) in [4.78, 5) is 65.7. The normalized spacial score (nSPS) is 23.7. The topological polar surface area (TPSA) is 219 Å². The molecule has 4 N–H and O–H groups in total. The summed E-state index contributed by atoms with van der Waals surface area (Å²) in [7, 11) is -0.829. The lowest BCUT2D eigenvalue weighted by molar-refractivity contribution is -0.142. The van der Waals surface area contributed by atoms with E-state index in [4.69, 9.17) is 24.6 Å². The number of amides is 4. The van der Waals surface area contributed by atoms with E-state index in [1.54, 1.807) is 32.2 Å². The van der Waals surface area contributed by atoms with Crippen molar-refractivity contribution < 1.29 is 41.8 Å². The highest BCUT2D eigenvalue weighted by Gasteiger charge is 2.45. The Morgan fingerprint density at radius 2 is 1.89 bits per heavy atom. The molecule has 1 saturated carbocycles. The highest BCUT2D eigenvalue weighted by atomic mass is 32.2. The Balaban J connectivity index is 1.52. The van der Waals surface area contributed by atoms with Gasteiger partial charge in [-0.1, -0.05) is 31.9 Å². The number of hydrogen-bond acceptors (Lipinski definition) is 12. The summed E-state index contributed by atoms with van der Waals surface area (Å²) >= 11 is 0. The number of hydrogen-bond donors (Lipinski definition) is 4. The van der Waals surface area contributed by atoms with E-state index in [1.807, 2.05) is 32.9 Å². The minimum atomic E-state index is -3.93. The van der Waals surface area contributed by atoms with E-state index in [2.05, 4.69) is 20.3 Å². The standard InChI is InChI=1S/C40H55N7O9S/c1-23(2)55-34-21-33(28-16-17-32(54-6)25(4)36(28)44-34)56-26-20-31-38(49)45-35(39(50)46-57(52,53)27-14-15-27)24(3)12-10-8-7-9-11-13-30(40(51)47(31)22-26)43-37(48)29(41)18-19-42-5/h10,12,16-17,19,21,23-24,26-27,30-31,35,41H,7-9,11,13-15,18,20,22H2,1-6H3,(H,43,48)(H,45,49)(H,46,50). The summed E-state index contributed by atoms with van der Waals surface area (Å²) in [5.74, 6) is -2.10. The average molecular weight is 810 g/mol. The zero-order valence-corrected chi connectivity index (χ0v) is 34.3. The van der Waals surface area contributed by atoms with Gasteiger partial charge in [0.25, 0.3) is 11.8 Å². The first kappa shape index (κ1) is 43.1. The van der Waals surface area contributed by atoms with E-state index in [9.17, 15) is 27.6 Å². The van der Waals surface area contributed by atoms with E-state index in [1.165, 1.54) is 18.2 Å². The van der Waals surface area contributed by atoms with Gasteiger partial charge in [-0.15, -0.1) is 0 Å². The van der Waals surface area contributed by atoms with Crippen LogP contribution in [0.15, 0.2) is 35.3 Å². The minimum absolute atomic E-state index is 0.000715. The fraction of sp³-hybridized carbons (Fsp3) is 0.575. The van der Waals surface area contributed by atoms with Crippen LogP contribution in [-0.4, -0.2) is 110 Å². The van der Waals surface area contributed by atoms with Crippen LogP contribution >= 0.6 is 0 Å². The molecule has 2 aromatic rings. The van der Waals surface area contributed by atoms with Crippen molar-refractivity contribution in [1.29, 1.82) is 5.41 Å². The summed E-state index contributed by atoms with van der Waals surface area (Å²) in [6.07, 6.45) is 7.97. The maximum absolute atomic E-state index is 14.6. The predicted octanol–water partition coefficient (Wildman–Crippen LogP) is 3.53. The lowest BCUT2D eigenvalue weighted by Gasteiger charge is -2.30. The molecule has 2 fully saturated rings. The molecule has 1 aliphatic carbocycles. The summed E-state index contributed by atoms with van der Waals surface area (Å²) in [5.41, 5.74) is 1.07. The quantitative estimate of drug-likeness (QED) is 0.181. The van der Waals surface area contributed by atoms with Gasteiger partial charge in [-0.25, -0.2) is 13.4 Å². The van der Waals surface area contributed by atoms with Crippen LogP contribution < -0.4 is 29.6 Å². The fourth-order valence-corrected chi connectivity index (χ4v) is 8.40. The van der Waals surface area contributed by atoms with Crippen LogP contribution in [-0.2, 0) is 29.2 Å². The van der Waals surface area contributed by atoms with Crippen molar-refractivity contribution in [2.75, 3.05) is 20.7 Å². The van der Waals surface area contributed by atoms with Gasteiger partial charge < -0.3 is 34.7 Å². The molecule has 5 atom stereocenters. The van der Waals surface area contributed by atoms with E-state index >= 15 is 0 Å². The summed E-state index contributed by atoms with van der Waals surface area (Å²) in [6.45, 7) is 7.27. The van der Waals surface area contributed by atoms with Crippen LogP contribution in [0.1, 0.15) is 84.1 Å². The first-order valence-corrected chi connectivity index (χ1v) is 21.1. The molecular weight excluding hydrogens is 755 g/mol. The number of sulfonamides is 1. The van der Waals surface area contributed by atoms with Gasteiger partial charge in [-0.05, 0) is 65.0 Å². The fourth-order valence-electron chi connectivity index (χ4n) is 7.07. The Morgan fingerprint density at radius 3 is 2.58 bits per heavy atom. The van der Waals surface area contributed by atoms with Crippen LogP contribution in [0.3, 0.4) is 0 Å². The number of benzene rings is 1. The van der Waals surface area contributed by atoms with Gasteiger partial charge in [-0.2, -0.15) is 0 Å². The lowest BCUT2D eigenvalue weighted by Crippen LogP contribution is -2.58. The van der Waals surface area contributed by atoms with Gasteiger partial charge in [0.15, 0.2) is 0 Å². The van der Waals surface area contributed by atoms with E-state index in [0.29, 0.717) is 60.4 Å². The molecule has 3 aliphatic rings. The van der Waals surface area contributed by atoms with Crippen molar-refractivity contribution in [2.24, 2.45) is 10.9 Å². The van der Waals surface area contributed by atoms with Gasteiger partial charge in [0.05, 0.1) is 30.5 Å². The Labute approximate surface area is 334 Å². The molecule has 4 amide bonds. The number of carbonyl (C=O) groups is 4. The van der Waals surface area contributed by atoms with Crippen LogP contribution in [0.2, 0.25) is 0 Å². The Kier molecular flexibility index (Phi) is 14.3. The van der Waals surface area contributed by atoms with E-state index < -0.39 is 69.0 Å². The van der Waals surface area contributed by atoms with Gasteiger partial charge in [0.2, 0.25) is 27.7 Å². The number of fused-ring (bicyclic) bond motifs is 2. The predicted molar refractivity (Wildman–Crippen MR) is 215 cm³/mol. The first-order valence-electron chi connectivity index (χ1n) is 19.6. The maximum Gasteiger partial charge on any atom is 0.265 e. The number of ether oxygens (including phenoxy) is 3. The molecule has 0 radical (unpaired) electrons. The highest BCUT2D eigenvalue weighted by Crippen LogP contribution is 2.37. The number of aryl methyl sites for hydroxylation is 1. The number of rotatable bonds is 12. The van der Waals surface area contributed by atoms with Gasteiger partial charge in [0.1, 0.15) is 41.4 Å². The van der Waals surface area contributed by atoms with Crippen molar-refractivity contribution >= 4 is 56.5 Å². The molecule has 2 aliphatic heterocycles. The van der Waals surface area contributed by atoms with E-state index in [-0.39, 0.29) is 37.6 Å². The molecule has 1 aromatic heterocycles. The number of pyridine rings is 1. The number of nitrogens with one attached hydrogen (secondary N) is 4. The van der Waals surface area contributed by atoms with Gasteiger partial charge in [-0.3, -0.25) is 29.3 Å². The summed E-state index contributed by atoms with van der Waals surface area (Å²) in [5, 5.41) is 13.8. The first-order chi connectivity index (χ1) is 27.1. The number of methoxy groups -OCH3 is 1. The van der Waals surface area contributed by atoms with Crippen LogP contribution in [0.5, 0.6) is 17.4 Å². The third-order valence-electron chi connectivity index (χ3n) is 10.3. The Hall–Kier alpha value is -5.06. The van der Waals surface area contributed by atoms with E-state index in [0.717, 1.165) is 12.0 Å². The van der Waals surface area contributed by atoms with Crippen molar-refractivity contribution in [2.45, 2.75) is 121 Å².